The Morgan fingerprint density at radius 3 is 2.83 bits per heavy atom. The lowest BCUT2D eigenvalue weighted by Gasteiger charge is -2.08. The van der Waals surface area contributed by atoms with E-state index in [2.05, 4.69) is 10.6 Å². The summed E-state index contributed by atoms with van der Waals surface area (Å²) in [7, 11) is 0. The summed E-state index contributed by atoms with van der Waals surface area (Å²) in [4.78, 5) is 21.8. The Hall–Kier alpha value is -2.31. The molecule has 0 aliphatic heterocycles. The van der Waals surface area contributed by atoms with Crippen LogP contribution in [0.5, 0.6) is 0 Å². The molecule has 0 unspecified atom stereocenters. The summed E-state index contributed by atoms with van der Waals surface area (Å²) in [5, 5.41) is 16.4. The van der Waals surface area contributed by atoms with Gasteiger partial charge in [-0.2, -0.15) is 0 Å². The lowest BCUT2D eigenvalue weighted by Crippen LogP contribution is -2.31. The van der Waals surface area contributed by atoms with E-state index in [4.69, 9.17) is 5.73 Å². The van der Waals surface area contributed by atoms with Crippen molar-refractivity contribution in [3.8, 4) is 0 Å². The van der Waals surface area contributed by atoms with E-state index in [9.17, 15) is 14.9 Å². The number of rotatable bonds is 5. The number of nitrogens with one attached hydrogen (secondary N) is 2. The molecule has 2 rings (SSSR count). The van der Waals surface area contributed by atoms with Gasteiger partial charge < -0.3 is 16.4 Å². The van der Waals surface area contributed by atoms with Crippen LogP contribution in [0.3, 0.4) is 0 Å². The van der Waals surface area contributed by atoms with E-state index in [1.807, 2.05) is 0 Å². The van der Waals surface area contributed by atoms with Crippen LogP contribution < -0.4 is 16.4 Å². The van der Waals surface area contributed by atoms with Crippen LogP contribution in [-0.4, -0.2) is 23.4 Å². The summed E-state index contributed by atoms with van der Waals surface area (Å²) in [6.07, 6.45) is 2.01. The number of benzene rings is 1. The topological polar surface area (TPSA) is 110 Å². The van der Waals surface area contributed by atoms with Crippen molar-refractivity contribution in [1.29, 1.82) is 0 Å². The SMILES string of the molecule is Nc1cccc(NCC(=O)NC2CC2)c1[N+](=O)[O-]. The third kappa shape index (κ3) is 2.88. The smallest absolute Gasteiger partial charge is 0.314 e. The zero-order valence-electron chi connectivity index (χ0n) is 9.68. The molecule has 7 nitrogen and oxygen atoms in total. The molecule has 1 aromatic rings. The highest BCUT2D eigenvalue weighted by Crippen LogP contribution is 2.30. The van der Waals surface area contributed by atoms with Gasteiger partial charge in [0.25, 0.3) is 0 Å². The molecule has 1 fully saturated rings. The maximum absolute atomic E-state index is 11.5. The first-order chi connectivity index (χ1) is 8.58. The Labute approximate surface area is 104 Å². The van der Waals surface area contributed by atoms with E-state index < -0.39 is 4.92 Å². The normalized spacial score (nSPS) is 14.0. The van der Waals surface area contributed by atoms with Crippen LogP contribution >= 0.6 is 0 Å². The van der Waals surface area contributed by atoms with E-state index in [1.54, 1.807) is 6.07 Å². The van der Waals surface area contributed by atoms with Crippen molar-refractivity contribution in [2.24, 2.45) is 0 Å². The standard InChI is InChI=1S/C11H14N4O3/c12-8-2-1-3-9(11(8)15(17)18)13-6-10(16)14-7-4-5-7/h1-3,7,13H,4-6,12H2,(H,14,16). The van der Waals surface area contributed by atoms with E-state index in [1.165, 1.54) is 12.1 Å². The number of nitro benzene ring substituents is 1. The first-order valence-corrected chi connectivity index (χ1v) is 5.64. The van der Waals surface area contributed by atoms with Gasteiger partial charge in [-0.15, -0.1) is 0 Å². The molecule has 0 radical (unpaired) electrons. The average Bonchev–Trinajstić information content (AvgIpc) is 3.09. The maximum Gasteiger partial charge on any atom is 0.314 e. The van der Waals surface area contributed by atoms with Gasteiger partial charge in [-0.25, -0.2) is 0 Å². The lowest BCUT2D eigenvalue weighted by atomic mass is 10.2. The molecule has 1 amide bonds. The largest absolute Gasteiger partial charge is 0.393 e. The summed E-state index contributed by atoms with van der Waals surface area (Å²) >= 11 is 0. The maximum atomic E-state index is 11.5. The van der Waals surface area contributed by atoms with Crippen molar-refractivity contribution < 1.29 is 9.72 Å². The second kappa shape index (κ2) is 4.91. The molecule has 0 saturated heterocycles. The van der Waals surface area contributed by atoms with E-state index >= 15 is 0 Å². The fourth-order valence-electron chi connectivity index (χ4n) is 1.59. The van der Waals surface area contributed by atoms with Crippen molar-refractivity contribution in [1.82, 2.24) is 5.32 Å². The minimum Gasteiger partial charge on any atom is -0.393 e. The van der Waals surface area contributed by atoms with Crippen LogP contribution in [0.15, 0.2) is 18.2 Å². The molecule has 18 heavy (non-hydrogen) atoms. The van der Waals surface area contributed by atoms with Gasteiger partial charge in [0.2, 0.25) is 5.91 Å². The van der Waals surface area contributed by atoms with Crippen molar-refractivity contribution >= 4 is 23.0 Å². The number of carbonyl (C=O) groups excluding carboxylic acids is 1. The molecular formula is C11H14N4O3. The molecular weight excluding hydrogens is 236 g/mol. The lowest BCUT2D eigenvalue weighted by molar-refractivity contribution is -0.383. The fraction of sp³-hybridized carbons (Fsp3) is 0.364. The van der Waals surface area contributed by atoms with E-state index in [-0.39, 0.29) is 35.6 Å². The van der Waals surface area contributed by atoms with Gasteiger partial charge in [0.15, 0.2) is 0 Å². The highest BCUT2D eigenvalue weighted by atomic mass is 16.6. The number of amides is 1. The van der Waals surface area contributed by atoms with Crippen LogP contribution in [0, 0.1) is 10.1 Å². The van der Waals surface area contributed by atoms with Gasteiger partial charge in [0, 0.05) is 6.04 Å². The van der Waals surface area contributed by atoms with E-state index in [0.29, 0.717) is 0 Å². The van der Waals surface area contributed by atoms with Crippen LogP contribution in [0.25, 0.3) is 0 Å². The number of nitrogens with zero attached hydrogens (tertiary/aromatic N) is 1. The summed E-state index contributed by atoms with van der Waals surface area (Å²) in [5.41, 5.74) is 5.67. The second-order valence-corrected chi connectivity index (χ2v) is 4.20. The molecule has 4 N–H and O–H groups in total. The van der Waals surface area contributed by atoms with Gasteiger partial charge >= 0.3 is 5.69 Å². The first kappa shape index (κ1) is 12.2. The highest BCUT2D eigenvalue weighted by Gasteiger charge is 2.23. The van der Waals surface area contributed by atoms with Gasteiger partial charge in [0.05, 0.1) is 11.5 Å². The Kier molecular flexibility index (Phi) is 3.31. The molecule has 0 aromatic heterocycles. The Balaban J connectivity index is 2.01. The number of carbonyl (C=O) groups is 1. The number of anilines is 2. The first-order valence-electron chi connectivity index (χ1n) is 5.64. The summed E-state index contributed by atoms with van der Waals surface area (Å²) in [6, 6.07) is 4.85. The van der Waals surface area contributed by atoms with Crippen molar-refractivity contribution in [3.05, 3.63) is 28.3 Å². The van der Waals surface area contributed by atoms with Gasteiger partial charge in [-0.1, -0.05) is 6.07 Å². The third-order valence-electron chi connectivity index (χ3n) is 2.63. The second-order valence-electron chi connectivity index (χ2n) is 4.20. The Bertz CT molecular complexity index is 485. The number of hydrogen-bond donors (Lipinski definition) is 3. The molecule has 96 valence electrons. The number of para-hydroxylation sites is 1. The van der Waals surface area contributed by atoms with Crippen molar-refractivity contribution in [3.63, 3.8) is 0 Å². The van der Waals surface area contributed by atoms with Gasteiger partial charge in [-0.05, 0) is 25.0 Å². The Morgan fingerprint density at radius 2 is 2.22 bits per heavy atom. The number of nitrogen functional groups attached to an aromatic ring is 1. The summed E-state index contributed by atoms with van der Waals surface area (Å²) in [6.45, 7) is 0.000787. The minimum absolute atomic E-state index is 0.000787. The quantitative estimate of drug-likeness (QED) is 0.408. The van der Waals surface area contributed by atoms with Crippen LogP contribution in [0.1, 0.15) is 12.8 Å². The van der Waals surface area contributed by atoms with E-state index in [0.717, 1.165) is 12.8 Å². The third-order valence-corrected chi connectivity index (χ3v) is 2.63. The molecule has 0 atom stereocenters. The minimum atomic E-state index is -0.559. The number of nitrogens with two attached hydrogens (primary N) is 1. The zero-order valence-corrected chi connectivity index (χ0v) is 9.68. The zero-order chi connectivity index (χ0) is 13.1. The van der Waals surface area contributed by atoms with Crippen molar-refractivity contribution in [2.75, 3.05) is 17.6 Å². The average molecular weight is 250 g/mol. The van der Waals surface area contributed by atoms with Crippen LogP contribution in [0.2, 0.25) is 0 Å². The number of hydrogen-bond acceptors (Lipinski definition) is 5. The highest BCUT2D eigenvalue weighted by molar-refractivity contribution is 5.83. The number of nitro groups is 1. The van der Waals surface area contributed by atoms with Crippen LogP contribution in [-0.2, 0) is 4.79 Å². The molecule has 0 spiro atoms. The summed E-state index contributed by atoms with van der Waals surface area (Å²) in [5.74, 6) is -0.172. The predicted octanol–water partition coefficient (Wildman–Crippen LogP) is 0.867. The monoisotopic (exact) mass is 250 g/mol. The molecule has 1 saturated carbocycles. The van der Waals surface area contributed by atoms with Gasteiger partial charge in [-0.3, -0.25) is 14.9 Å². The van der Waals surface area contributed by atoms with Crippen molar-refractivity contribution in [2.45, 2.75) is 18.9 Å². The fourth-order valence-corrected chi connectivity index (χ4v) is 1.59. The molecule has 1 aliphatic carbocycles. The molecule has 0 bridgehead atoms. The Morgan fingerprint density at radius 1 is 1.50 bits per heavy atom. The predicted molar refractivity (Wildman–Crippen MR) is 67.2 cm³/mol. The summed E-state index contributed by atoms with van der Waals surface area (Å²) < 4.78 is 0. The molecule has 1 aliphatic rings. The molecule has 1 aromatic carbocycles. The molecule has 0 heterocycles. The molecule has 7 heteroatoms. The van der Waals surface area contributed by atoms with Crippen LogP contribution in [0.4, 0.5) is 17.1 Å². The van der Waals surface area contributed by atoms with Gasteiger partial charge in [0.1, 0.15) is 11.4 Å².